The van der Waals surface area contributed by atoms with Gasteiger partial charge in [0.05, 0.1) is 0 Å². The standard InChI is InChI=1S/C18H15Br.C9H7N/c19-18-7-3-6-14-16-9-8-12-4-1-2-5-13(12)15(16)10-11-17(14)18;1-2-4-9-7-10-6-5-8(9)3-1/h3,6-11H,1-2,4-5H2;1-7H. The highest BCUT2D eigenvalue weighted by Crippen LogP contribution is 2.35. The van der Waals surface area contributed by atoms with E-state index >= 15 is 0 Å². The maximum Gasteiger partial charge on any atom is 0.0346 e. The zero-order valence-electron chi connectivity index (χ0n) is 16.2. The van der Waals surface area contributed by atoms with E-state index in [1.54, 1.807) is 11.1 Å². The lowest BCUT2D eigenvalue weighted by Crippen LogP contribution is -2.03. The fourth-order valence-electron chi connectivity index (χ4n) is 4.42. The summed E-state index contributed by atoms with van der Waals surface area (Å²) in [4.78, 5) is 4.01. The summed E-state index contributed by atoms with van der Waals surface area (Å²) < 4.78 is 1.18. The first kappa shape index (κ1) is 18.3. The Morgan fingerprint density at radius 1 is 0.621 bits per heavy atom. The van der Waals surface area contributed by atoms with Crippen LogP contribution in [-0.4, -0.2) is 4.98 Å². The fourth-order valence-corrected chi connectivity index (χ4v) is 4.91. The number of halogens is 1. The SMILES string of the molecule is Brc1cccc2c1ccc1c3c(ccc12)CCCC3.c1ccc2cnccc2c1. The number of aryl methyl sites for hydroxylation is 2. The third-order valence-electron chi connectivity index (χ3n) is 5.89. The van der Waals surface area contributed by atoms with E-state index in [9.17, 15) is 0 Å². The van der Waals surface area contributed by atoms with Gasteiger partial charge < -0.3 is 0 Å². The molecular formula is C27H22BrN. The molecule has 1 aliphatic carbocycles. The minimum Gasteiger partial charge on any atom is -0.264 e. The number of nitrogens with zero attached hydrogens (tertiary/aromatic N) is 1. The normalized spacial score (nSPS) is 13.1. The van der Waals surface area contributed by atoms with Crippen molar-refractivity contribution in [3.05, 3.63) is 101 Å². The Labute approximate surface area is 179 Å². The summed E-state index contributed by atoms with van der Waals surface area (Å²) in [7, 11) is 0. The Bertz CT molecular complexity index is 1260. The van der Waals surface area contributed by atoms with Gasteiger partial charge >= 0.3 is 0 Å². The van der Waals surface area contributed by atoms with E-state index in [0.29, 0.717) is 0 Å². The Morgan fingerprint density at radius 3 is 2.28 bits per heavy atom. The smallest absolute Gasteiger partial charge is 0.0346 e. The molecule has 0 radical (unpaired) electrons. The van der Waals surface area contributed by atoms with Gasteiger partial charge in [-0.25, -0.2) is 0 Å². The first-order chi connectivity index (χ1) is 14.3. The van der Waals surface area contributed by atoms with E-state index < -0.39 is 0 Å². The average Bonchev–Trinajstić information content (AvgIpc) is 2.79. The van der Waals surface area contributed by atoms with Crippen LogP contribution in [0, 0.1) is 0 Å². The van der Waals surface area contributed by atoms with Gasteiger partial charge in [-0.1, -0.05) is 76.6 Å². The summed E-state index contributed by atoms with van der Waals surface area (Å²) in [5.74, 6) is 0. The Morgan fingerprint density at radius 2 is 1.38 bits per heavy atom. The number of benzene rings is 4. The summed E-state index contributed by atoms with van der Waals surface area (Å²) in [6.07, 6.45) is 8.85. The lowest BCUT2D eigenvalue weighted by molar-refractivity contribution is 0.690. The van der Waals surface area contributed by atoms with E-state index in [1.807, 2.05) is 30.6 Å². The summed E-state index contributed by atoms with van der Waals surface area (Å²) in [5, 5.41) is 7.98. The topological polar surface area (TPSA) is 12.9 Å². The highest BCUT2D eigenvalue weighted by Gasteiger charge is 2.13. The molecule has 0 bridgehead atoms. The molecule has 4 aromatic carbocycles. The average molecular weight is 440 g/mol. The van der Waals surface area contributed by atoms with Crippen molar-refractivity contribution in [3.8, 4) is 0 Å². The molecule has 0 atom stereocenters. The molecule has 1 aromatic heterocycles. The van der Waals surface area contributed by atoms with Crippen LogP contribution in [-0.2, 0) is 12.8 Å². The lowest BCUT2D eigenvalue weighted by Gasteiger charge is -2.18. The molecule has 1 nitrogen and oxygen atoms in total. The molecule has 6 rings (SSSR count). The number of rotatable bonds is 0. The minimum absolute atomic E-state index is 1.18. The highest BCUT2D eigenvalue weighted by molar-refractivity contribution is 9.10. The van der Waals surface area contributed by atoms with Crippen LogP contribution in [0.3, 0.4) is 0 Å². The molecule has 0 spiro atoms. The predicted octanol–water partition coefficient (Wildman–Crippen LogP) is 7.87. The maximum absolute atomic E-state index is 4.01. The van der Waals surface area contributed by atoms with Crippen LogP contribution in [0.25, 0.3) is 32.3 Å². The van der Waals surface area contributed by atoms with Crippen molar-refractivity contribution in [1.82, 2.24) is 4.98 Å². The van der Waals surface area contributed by atoms with Crippen LogP contribution in [0.4, 0.5) is 0 Å². The maximum atomic E-state index is 4.01. The summed E-state index contributed by atoms with van der Waals surface area (Å²) >= 11 is 3.66. The van der Waals surface area contributed by atoms with E-state index in [4.69, 9.17) is 0 Å². The van der Waals surface area contributed by atoms with Gasteiger partial charge in [0, 0.05) is 16.9 Å². The number of hydrogen-bond donors (Lipinski definition) is 0. The van der Waals surface area contributed by atoms with Gasteiger partial charge in [0.15, 0.2) is 0 Å². The monoisotopic (exact) mass is 439 g/mol. The Hall–Kier alpha value is -2.71. The number of fused-ring (bicyclic) bond motifs is 6. The van der Waals surface area contributed by atoms with Crippen molar-refractivity contribution in [3.63, 3.8) is 0 Å². The Balaban J connectivity index is 0.000000153. The van der Waals surface area contributed by atoms with Crippen molar-refractivity contribution >= 4 is 48.2 Å². The summed E-state index contributed by atoms with van der Waals surface area (Å²) in [6, 6.07) is 25.9. The summed E-state index contributed by atoms with van der Waals surface area (Å²) in [6.45, 7) is 0. The van der Waals surface area contributed by atoms with Gasteiger partial charge in [0.2, 0.25) is 0 Å². The highest BCUT2D eigenvalue weighted by atomic mass is 79.9. The first-order valence-corrected chi connectivity index (χ1v) is 11.0. The van der Waals surface area contributed by atoms with E-state index in [1.165, 1.54) is 62.5 Å². The fraction of sp³-hybridized carbons (Fsp3) is 0.148. The molecule has 0 amide bonds. The molecule has 0 unspecified atom stereocenters. The first-order valence-electron chi connectivity index (χ1n) is 10.2. The molecule has 0 saturated heterocycles. The zero-order valence-corrected chi connectivity index (χ0v) is 17.8. The van der Waals surface area contributed by atoms with Crippen LogP contribution in [0.2, 0.25) is 0 Å². The van der Waals surface area contributed by atoms with Gasteiger partial charge in [0.25, 0.3) is 0 Å². The van der Waals surface area contributed by atoms with Crippen LogP contribution in [0.5, 0.6) is 0 Å². The molecule has 142 valence electrons. The van der Waals surface area contributed by atoms with E-state index in [2.05, 4.69) is 75.5 Å². The molecule has 29 heavy (non-hydrogen) atoms. The van der Waals surface area contributed by atoms with Gasteiger partial charge in [-0.05, 0) is 81.3 Å². The molecule has 1 aliphatic rings. The van der Waals surface area contributed by atoms with E-state index in [0.717, 1.165) is 0 Å². The number of aromatic nitrogens is 1. The van der Waals surface area contributed by atoms with Crippen LogP contribution < -0.4 is 0 Å². The third-order valence-corrected chi connectivity index (χ3v) is 6.58. The predicted molar refractivity (Wildman–Crippen MR) is 128 cm³/mol. The molecule has 0 N–H and O–H groups in total. The van der Waals surface area contributed by atoms with Gasteiger partial charge in [-0.2, -0.15) is 0 Å². The van der Waals surface area contributed by atoms with Crippen LogP contribution in [0.15, 0.2) is 89.7 Å². The molecule has 2 heteroatoms. The molecular weight excluding hydrogens is 418 g/mol. The number of pyridine rings is 1. The Kier molecular flexibility index (Phi) is 5.03. The van der Waals surface area contributed by atoms with Crippen molar-refractivity contribution in [2.75, 3.05) is 0 Å². The second kappa shape index (κ2) is 7.96. The molecule has 1 heterocycles. The number of hydrogen-bond acceptors (Lipinski definition) is 1. The summed E-state index contributed by atoms with van der Waals surface area (Å²) in [5.41, 5.74) is 3.15. The van der Waals surface area contributed by atoms with Crippen molar-refractivity contribution < 1.29 is 0 Å². The molecule has 0 saturated carbocycles. The second-order valence-corrected chi connectivity index (χ2v) is 8.48. The molecule has 5 aromatic rings. The largest absolute Gasteiger partial charge is 0.264 e. The zero-order chi connectivity index (χ0) is 19.6. The van der Waals surface area contributed by atoms with Crippen molar-refractivity contribution in [2.45, 2.75) is 25.7 Å². The second-order valence-electron chi connectivity index (χ2n) is 7.63. The van der Waals surface area contributed by atoms with Crippen LogP contribution >= 0.6 is 15.9 Å². The lowest BCUT2D eigenvalue weighted by atomic mass is 9.86. The van der Waals surface area contributed by atoms with Crippen molar-refractivity contribution in [1.29, 1.82) is 0 Å². The van der Waals surface area contributed by atoms with E-state index in [-0.39, 0.29) is 0 Å². The van der Waals surface area contributed by atoms with Gasteiger partial charge in [-0.15, -0.1) is 0 Å². The van der Waals surface area contributed by atoms with Crippen LogP contribution in [0.1, 0.15) is 24.0 Å². The third kappa shape index (κ3) is 3.54. The minimum atomic E-state index is 1.18. The van der Waals surface area contributed by atoms with Gasteiger partial charge in [-0.3, -0.25) is 4.98 Å². The quantitative estimate of drug-likeness (QED) is 0.223. The van der Waals surface area contributed by atoms with Gasteiger partial charge in [0.1, 0.15) is 0 Å². The molecule has 0 aliphatic heterocycles. The molecule has 0 fully saturated rings. The van der Waals surface area contributed by atoms with Crippen molar-refractivity contribution in [2.24, 2.45) is 0 Å².